The number of non-ortho nitro benzene ring substituents is 1. The first kappa shape index (κ1) is 21.6. The standard InChI is InChI=1S/C22H28N6O5/c1-22(2,3)33-21(29)26-11-15-16(12-26)24-20(23-15)19-14-10-13(28(30)31)7-8-17(14)27(25-19)18-6-4-5-9-32-18/h7-8,10,15-16,18H,4-6,9,11-12H2,1-3H3,(H,23,24). The molecule has 2 fully saturated rings. The average molecular weight is 457 g/mol. The Labute approximate surface area is 190 Å². The minimum Gasteiger partial charge on any atom is -0.444 e. The third kappa shape index (κ3) is 4.12. The normalized spacial score (nSPS) is 25.0. The summed E-state index contributed by atoms with van der Waals surface area (Å²) < 4.78 is 13.2. The highest BCUT2D eigenvalue weighted by Gasteiger charge is 2.42. The molecule has 2 aromatic rings. The Kier molecular flexibility index (Phi) is 5.23. The number of amidine groups is 1. The van der Waals surface area contributed by atoms with E-state index in [0.717, 1.165) is 24.8 Å². The Morgan fingerprint density at radius 1 is 1.30 bits per heavy atom. The second-order valence-electron chi connectivity index (χ2n) is 9.75. The number of hydrogen-bond donors (Lipinski definition) is 1. The summed E-state index contributed by atoms with van der Waals surface area (Å²) in [6.07, 6.45) is 2.33. The third-order valence-corrected chi connectivity index (χ3v) is 6.11. The number of fused-ring (bicyclic) bond motifs is 2. The van der Waals surface area contributed by atoms with Crippen molar-refractivity contribution in [1.82, 2.24) is 20.0 Å². The van der Waals surface area contributed by atoms with Crippen molar-refractivity contribution in [2.75, 3.05) is 19.7 Å². The van der Waals surface area contributed by atoms with Crippen LogP contribution in [0.2, 0.25) is 0 Å². The van der Waals surface area contributed by atoms with Gasteiger partial charge < -0.3 is 19.7 Å². The topological polar surface area (TPSA) is 124 Å². The second-order valence-corrected chi connectivity index (χ2v) is 9.75. The summed E-state index contributed by atoms with van der Waals surface area (Å²) in [5.41, 5.74) is 0.793. The number of benzene rings is 1. The van der Waals surface area contributed by atoms with Gasteiger partial charge in [0.2, 0.25) is 0 Å². The van der Waals surface area contributed by atoms with Gasteiger partial charge in [0.05, 0.1) is 22.5 Å². The number of nitrogens with zero attached hydrogens (tertiary/aromatic N) is 5. The smallest absolute Gasteiger partial charge is 0.410 e. The van der Waals surface area contributed by atoms with Crippen LogP contribution in [0, 0.1) is 10.1 Å². The molecule has 11 nitrogen and oxygen atoms in total. The van der Waals surface area contributed by atoms with Crippen molar-refractivity contribution in [2.24, 2.45) is 4.99 Å². The molecule has 1 aromatic heterocycles. The number of aliphatic imine (C=N–C) groups is 1. The summed E-state index contributed by atoms with van der Waals surface area (Å²) in [5.74, 6) is 0.592. The predicted molar refractivity (Wildman–Crippen MR) is 120 cm³/mol. The molecule has 1 aromatic carbocycles. The third-order valence-electron chi connectivity index (χ3n) is 6.11. The summed E-state index contributed by atoms with van der Waals surface area (Å²) in [7, 11) is 0. The first-order valence-corrected chi connectivity index (χ1v) is 11.3. The number of nitro benzene ring substituents is 1. The van der Waals surface area contributed by atoms with Crippen molar-refractivity contribution in [1.29, 1.82) is 0 Å². The number of carbonyl (C=O) groups excluding carboxylic acids is 1. The highest BCUT2D eigenvalue weighted by atomic mass is 16.6. The van der Waals surface area contributed by atoms with Crippen molar-refractivity contribution < 1.29 is 19.2 Å². The van der Waals surface area contributed by atoms with E-state index in [0.29, 0.717) is 36.6 Å². The molecule has 4 heterocycles. The van der Waals surface area contributed by atoms with E-state index < -0.39 is 10.5 Å². The van der Waals surface area contributed by atoms with E-state index in [-0.39, 0.29) is 30.1 Å². The number of likely N-dealkylation sites (tertiary alicyclic amines) is 1. The summed E-state index contributed by atoms with van der Waals surface area (Å²) in [6.45, 7) is 7.10. The fourth-order valence-electron chi connectivity index (χ4n) is 4.60. The molecular formula is C22H28N6O5. The SMILES string of the molecule is CC(C)(C)OC(=O)N1CC2N=C(c3nn(C4CCCCO4)c4ccc([N+](=O)[O-])cc34)NC2C1. The number of rotatable bonds is 3. The van der Waals surface area contributed by atoms with Gasteiger partial charge >= 0.3 is 6.09 Å². The molecule has 0 saturated carbocycles. The van der Waals surface area contributed by atoms with Gasteiger partial charge in [-0.2, -0.15) is 5.10 Å². The minimum atomic E-state index is -0.557. The molecule has 176 valence electrons. The number of nitro groups is 1. The quantitative estimate of drug-likeness (QED) is 0.556. The van der Waals surface area contributed by atoms with E-state index in [4.69, 9.17) is 19.6 Å². The number of nitrogens with one attached hydrogen (secondary N) is 1. The zero-order valence-corrected chi connectivity index (χ0v) is 19.0. The maximum atomic E-state index is 12.4. The van der Waals surface area contributed by atoms with Crippen molar-refractivity contribution in [2.45, 2.75) is 63.9 Å². The van der Waals surface area contributed by atoms with Crippen LogP contribution in [0.15, 0.2) is 23.2 Å². The van der Waals surface area contributed by atoms with Gasteiger partial charge in [0.15, 0.2) is 12.1 Å². The molecule has 3 aliphatic rings. The van der Waals surface area contributed by atoms with Crippen LogP contribution < -0.4 is 5.32 Å². The van der Waals surface area contributed by atoms with E-state index in [2.05, 4.69) is 5.32 Å². The molecule has 11 heteroatoms. The Bertz CT molecular complexity index is 1130. The molecule has 3 unspecified atom stereocenters. The van der Waals surface area contributed by atoms with Gasteiger partial charge in [-0.25, -0.2) is 9.48 Å². The lowest BCUT2D eigenvalue weighted by atomic mass is 10.1. The van der Waals surface area contributed by atoms with Crippen LogP contribution in [-0.4, -0.2) is 68.9 Å². The Hall–Kier alpha value is -3.21. The lowest BCUT2D eigenvalue weighted by Crippen LogP contribution is -2.39. The van der Waals surface area contributed by atoms with E-state index in [1.165, 1.54) is 6.07 Å². The van der Waals surface area contributed by atoms with Crippen LogP contribution in [0.1, 0.15) is 52.0 Å². The predicted octanol–water partition coefficient (Wildman–Crippen LogP) is 2.98. The fourth-order valence-corrected chi connectivity index (χ4v) is 4.60. The monoisotopic (exact) mass is 456 g/mol. The van der Waals surface area contributed by atoms with Gasteiger partial charge in [-0.1, -0.05) is 0 Å². The molecule has 0 radical (unpaired) electrons. The van der Waals surface area contributed by atoms with Gasteiger partial charge in [-0.3, -0.25) is 15.1 Å². The number of carbonyl (C=O) groups is 1. The maximum Gasteiger partial charge on any atom is 0.410 e. The molecule has 3 atom stereocenters. The summed E-state index contributed by atoms with van der Waals surface area (Å²) in [5, 5.41) is 20.2. The second kappa shape index (κ2) is 7.98. The van der Waals surface area contributed by atoms with Gasteiger partial charge in [-0.05, 0) is 46.1 Å². The fraction of sp³-hybridized carbons (Fsp3) is 0.591. The first-order valence-electron chi connectivity index (χ1n) is 11.3. The van der Waals surface area contributed by atoms with E-state index >= 15 is 0 Å². The minimum absolute atomic E-state index is 0.00255. The van der Waals surface area contributed by atoms with Crippen LogP contribution in [0.4, 0.5) is 10.5 Å². The van der Waals surface area contributed by atoms with Gasteiger partial charge in [0.25, 0.3) is 5.69 Å². The van der Waals surface area contributed by atoms with E-state index in [9.17, 15) is 14.9 Å². The number of ether oxygens (including phenoxy) is 2. The Balaban J connectivity index is 1.45. The number of aromatic nitrogens is 2. The summed E-state index contributed by atoms with van der Waals surface area (Å²) >= 11 is 0. The molecule has 0 bridgehead atoms. The van der Waals surface area contributed by atoms with Crippen LogP contribution in [0.5, 0.6) is 0 Å². The first-order chi connectivity index (χ1) is 15.7. The highest BCUT2D eigenvalue weighted by Crippen LogP contribution is 2.32. The number of amides is 1. The van der Waals surface area contributed by atoms with Crippen molar-refractivity contribution in [3.63, 3.8) is 0 Å². The molecule has 0 spiro atoms. The zero-order chi connectivity index (χ0) is 23.3. The van der Waals surface area contributed by atoms with Crippen LogP contribution in [0.3, 0.4) is 0 Å². The Morgan fingerprint density at radius 2 is 2.12 bits per heavy atom. The highest BCUT2D eigenvalue weighted by molar-refractivity contribution is 6.09. The molecule has 3 aliphatic heterocycles. The van der Waals surface area contributed by atoms with Gasteiger partial charge in [0.1, 0.15) is 11.3 Å². The Morgan fingerprint density at radius 3 is 2.79 bits per heavy atom. The maximum absolute atomic E-state index is 12.4. The molecule has 1 N–H and O–H groups in total. The molecule has 1 amide bonds. The van der Waals surface area contributed by atoms with Gasteiger partial charge in [0, 0.05) is 37.2 Å². The van der Waals surface area contributed by atoms with Gasteiger partial charge in [-0.15, -0.1) is 0 Å². The molecule has 0 aliphatic carbocycles. The van der Waals surface area contributed by atoms with Crippen LogP contribution in [-0.2, 0) is 9.47 Å². The zero-order valence-electron chi connectivity index (χ0n) is 19.0. The van der Waals surface area contributed by atoms with E-state index in [1.807, 2.05) is 25.5 Å². The molecule has 5 rings (SSSR count). The average Bonchev–Trinajstić information content (AvgIpc) is 3.43. The van der Waals surface area contributed by atoms with Crippen molar-refractivity contribution >= 4 is 28.5 Å². The van der Waals surface area contributed by atoms with Crippen molar-refractivity contribution in [3.05, 3.63) is 34.0 Å². The molecule has 33 heavy (non-hydrogen) atoms. The molecule has 2 saturated heterocycles. The van der Waals surface area contributed by atoms with E-state index in [1.54, 1.807) is 17.0 Å². The number of hydrogen-bond acceptors (Lipinski definition) is 8. The lowest BCUT2D eigenvalue weighted by molar-refractivity contribution is -0.384. The largest absolute Gasteiger partial charge is 0.444 e. The summed E-state index contributed by atoms with van der Waals surface area (Å²) in [4.78, 5) is 29.9. The molecular weight excluding hydrogens is 428 g/mol. The lowest BCUT2D eigenvalue weighted by Gasteiger charge is -2.24. The van der Waals surface area contributed by atoms with Crippen LogP contribution >= 0.6 is 0 Å². The van der Waals surface area contributed by atoms with Crippen LogP contribution in [0.25, 0.3) is 10.9 Å². The summed E-state index contributed by atoms with van der Waals surface area (Å²) in [6, 6.07) is 4.57. The van der Waals surface area contributed by atoms with Crippen molar-refractivity contribution in [3.8, 4) is 0 Å².